The molecule has 0 saturated carbocycles. The number of carbonyl (C=O) groups is 1. The number of aromatic nitrogens is 2. The van der Waals surface area contributed by atoms with E-state index in [9.17, 15) is 18.0 Å². The van der Waals surface area contributed by atoms with Gasteiger partial charge in [-0.3, -0.25) is 4.79 Å². The number of anilines is 1. The number of aromatic amines is 1. The molecule has 0 aliphatic rings. The topological polar surface area (TPSA) is 67.0 Å². The Morgan fingerprint density at radius 2 is 1.93 bits per heavy atom. The van der Waals surface area contributed by atoms with Gasteiger partial charge in [0, 0.05) is 18.5 Å². The summed E-state index contributed by atoms with van der Waals surface area (Å²) in [5.41, 5.74) is 3.23. The van der Waals surface area contributed by atoms with E-state index in [0.29, 0.717) is 12.1 Å². The Morgan fingerprint density at radius 1 is 1.19 bits per heavy atom. The van der Waals surface area contributed by atoms with E-state index in [0.717, 1.165) is 41.0 Å². The van der Waals surface area contributed by atoms with Crippen molar-refractivity contribution >= 4 is 22.6 Å². The lowest BCUT2D eigenvalue weighted by Gasteiger charge is -2.10. The molecule has 0 aliphatic heterocycles. The average Bonchev–Trinajstić information content (AvgIpc) is 3.03. The van der Waals surface area contributed by atoms with Crippen LogP contribution in [0.25, 0.3) is 11.0 Å². The molecular formula is C19H18F3N3O2. The average molecular weight is 377 g/mol. The highest BCUT2D eigenvalue weighted by Crippen LogP contribution is 2.24. The Hall–Kier alpha value is -3.03. The first kappa shape index (κ1) is 18.8. The molecule has 3 aromatic rings. The first-order valence-electron chi connectivity index (χ1n) is 8.45. The van der Waals surface area contributed by atoms with Crippen LogP contribution in [0.3, 0.4) is 0 Å². The highest BCUT2D eigenvalue weighted by Gasteiger charge is 2.30. The first-order chi connectivity index (χ1) is 12.8. The van der Waals surface area contributed by atoms with E-state index >= 15 is 0 Å². The van der Waals surface area contributed by atoms with Crippen LogP contribution in [0.4, 0.5) is 18.9 Å². The van der Waals surface area contributed by atoms with Gasteiger partial charge >= 0.3 is 6.36 Å². The highest BCUT2D eigenvalue weighted by molar-refractivity contribution is 5.91. The van der Waals surface area contributed by atoms with Gasteiger partial charge in [0.05, 0.1) is 11.0 Å². The summed E-state index contributed by atoms with van der Waals surface area (Å²) < 4.78 is 40.2. The molecule has 3 rings (SSSR count). The summed E-state index contributed by atoms with van der Waals surface area (Å²) in [6.45, 7) is 2.02. The molecule has 142 valence electrons. The van der Waals surface area contributed by atoms with E-state index in [1.807, 2.05) is 25.1 Å². The maximum Gasteiger partial charge on any atom is 0.573 e. The largest absolute Gasteiger partial charge is 0.573 e. The third-order valence-electron chi connectivity index (χ3n) is 3.94. The van der Waals surface area contributed by atoms with Crippen molar-refractivity contribution in [3.63, 3.8) is 0 Å². The van der Waals surface area contributed by atoms with E-state index in [2.05, 4.69) is 20.0 Å². The first-order valence-corrected chi connectivity index (χ1v) is 8.45. The fourth-order valence-corrected chi connectivity index (χ4v) is 2.65. The minimum Gasteiger partial charge on any atom is -0.406 e. The van der Waals surface area contributed by atoms with Crippen LogP contribution in [0.1, 0.15) is 24.7 Å². The lowest BCUT2D eigenvalue weighted by Crippen LogP contribution is -2.17. The van der Waals surface area contributed by atoms with E-state index in [1.165, 1.54) is 12.1 Å². The quantitative estimate of drug-likeness (QED) is 0.660. The number of H-pyrrole nitrogens is 1. The summed E-state index contributed by atoms with van der Waals surface area (Å²) >= 11 is 0. The van der Waals surface area contributed by atoms with Crippen molar-refractivity contribution in [2.24, 2.45) is 0 Å². The number of aryl methyl sites for hydroxylation is 2. The number of nitrogens with one attached hydrogen (secondary N) is 2. The minimum absolute atomic E-state index is 0.224. The summed E-state index contributed by atoms with van der Waals surface area (Å²) in [7, 11) is 0. The van der Waals surface area contributed by atoms with E-state index in [1.54, 1.807) is 0 Å². The number of amides is 1. The van der Waals surface area contributed by atoms with Gasteiger partial charge in [-0.2, -0.15) is 0 Å². The molecule has 1 heterocycles. The lowest BCUT2D eigenvalue weighted by molar-refractivity contribution is -0.274. The van der Waals surface area contributed by atoms with Gasteiger partial charge in [-0.25, -0.2) is 4.98 Å². The molecule has 1 aromatic heterocycles. The van der Waals surface area contributed by atoms with Gasteiger partial charge in [-0.1, -0.05) is 13.0 Å². The molecule has 2 N–H and O–H groups in total. The van der Waals surface area contributed by atoms with Gasteiger partial charge in [-0.05, 0) is 48.4 Å². The minimum atomic E-state index is -4.74. The number of hydrogen-bond acceptors (Lipinski definition) is 3. The Morgan fingerprint density at radius 3 is 2.59 bits per heavy atom. The van der Waals surface area contributed by atoms with E-state index in [-0.39, 0.29) is 18.1 Å². The van der Waals surface area contributed by atoms with Gasteiger partial charge in [0.15, 0.2) is 0 Å². The van der Waals surface area contributed by atoms with Crippen LogP contribution in [-0.4, -0.2) is 22.2 Å². The fourth-order valence-electron chi connectivity index (χ4n) is 2.65. The maximum atomic E-state index is 12.1. The van der Waals surface area contributed by atoms with Gasteiger partial charge < -0.3 is 15.0 Å². The number of nitrogens with zero attached hydrogens (tertiary/aromatic N) is 1. The third kappa shape index (κ3) is 5.22. The second-order valence-electron chi connectivity index (χ2n) is 6.01. The molecule has 0 saturated heterocycles. The fraction of sp³-hybridized carbons (Fsp3) is 0.263. The molecule has 0 atom stereocenters. The molecule has 1 amide bonds. The molecule has 0 fully saturated rings. The molecule has 0 spiro atoms. The summed E-state index contributed by atoms with van der Waals surface area (Å²) in [6.07, 6.45) is -3.13. The number of rotatable bonds is 6. The summed E-state index contributed by atoms with van der Waals surface area (Å²) in [4.78, 5) is 19.7. The SMILES string of the molecule is CCc1nc2ccc(CCC(=O)Nc3ccc(OC(F)(F)F)cc3)cc2[nH]1. The summed E-state index contributed by atoms with van der Waals surface area (Å²) in [6, 6.07) is 10.8. The number of halogens is 3. The third-order valence-corrected chi connectivity index (χ3v) is 3.94. The van der Waals surface area contributed by atoms with Crippen molar-refractivity contribution in [1.82, 2.24) is 9.97 Å². The standard InChI is InChI=1S/C19H18F3N3O2/c1-2-17-24-15-9-3-12(11-16(15)25-17)4-10-18(26)23-13-5-7-14(8-6-13)27-19(20,21)22/h3,5-9,11H,2,4,10H2,1H3,(H,23,26)(H,24,25). The maximum absolute atomic E-state index is 12.1. The van der Waals surface area contributed by atoms with Crippen LogP contribution in [0, 0.1) is 0 Å². The Labute approximate surface area is 153 Å². The number of carbonyl (C=O) groups excluding carboxylic acids is 1. The number of hydrogen-bond donors (Lipinski definition) is 2. The van der Waals surface area contributed by atoms with Crippen LogP contribution >= 0.6 is 0 Å². The highest BCUT2D eigenvalue weighted by atomic mass is 19.4. The Balaban J connectivity index is 1.55. The number of benzene rings is 2. The van der Waals surface area contributed by atoms with Gasteiger partial charge in [0.25, 0.3) is 0 Å². The van der Waals surface area contributed by atoms with Crippen molar-refractivity contribution in [2.45, 2.75) is 32.5 Å². The second-order valence-corrected chi connectivity index (χ2v) is 6.01. The molecule has 8 heteroatoms. The van der Waals surface area contributed by atoms with Crippen molar-refractivity contribution in [2.75, 3.05) is 5.32 Å². The monoisotopic (exact) mass is 377 g/mol. The van der Waals surface area contributed by atoms with Crippen molar-refractivity contribution < 1.29 is 22.7 Å². The van der Waals surface area contributed by atoms with Crippen molar-refractivity contribution in [3.05, 3.63) is 53.9 Å². The molecule has 0 radical (unpaired) electrons. The van der Waals surface area contributed by atoms with Crippen molar-refractivity contribution in [1.29, 1.82) is 0 Å². The van der Waals surface area contributed by atoms with Crippen LogP contribution in [0.2, 0.25) is 0 Å². The summed E-state index contributed by atoms with van der Waals surface area (Å²) in [5.74, 6) is 0.357. The Kier molecular flexibility index (Phi) is 5.34. The Bertz CT molecular complexity index is 934. The predicted octanol–water partition coefficient (Wildman–Crippen LogP) is 4.60. The molecule has 2 aromatic carbocycles. The van der Waals surface area contributed by atoms with E-state index < -0.39 is 6.36 Å². The molecule has 0 unspecified atom stereocenters. The molecule has 27 heavy (non-hydrogen) atoms. The van der Waals surface area contributed by atoms with E-state index in [4.69, 9.17) is 0 Å². The van der Waals surface area contributed by atoms with Crippen LogP contribution in [0.15, 0.2) is 42.5 Å². The number of alkyl halides is 3. The zero-order valence-electron chi connectivity index (χ0n) is 14.6. The summed E-state index contributed by atoms with van der Waals surface area (Å²) in [5, 5.41) is 2.66. The lowest BCUT2D eigenvalue weighted by atomic mass is 10.1. The molecular weight excluding hydrogens is 359 g/mol. The van der Waals surface area contributed by atoms with Gasteiger partial charge in [0.1, 0.15) is 11.6 Å². The van der Waals surface area contributed by atoms with Crippen LogP contribution in [0.5, 0.6) is 5.75 Å². The molecule has 0 aliphatic carbocycles. The van der Waals surface area contributed by atoms with Crippen molar-refractivity contribution in [3.8, 4) is 5.75 Å². The zero-order chi connectivity index (χ0) is 19.4. The normalized spacial score (nSPS) is 11.6. The number of fused-ring (bicyclic) bond motifs is 1. The van der Waals surface area contributed by atoms with Crippen LogP contribution < -0.4 is 10.1 Å². The number of ether oxygens (including phenoxy) is 1. The number of imidazole rings is 1. The molecule has 5 nitrogen and oxygen atoms in total. The smallest absolute Gasteiger partial charge is 0.406 e. The van der Waals surface area contributed by atoms with Gasteiger partial charge in [0.2, 0.25) is 5.91 Å². The zero-order valence-corrected chi connectivity index (χ0v) is 14.6. The van der Waals surface area contributed by atoms with Crippen LogP contribution in [-0.2, 0) is 17.6 Å². The molecule has 0 bridgehead atoms. The second kappa shape index (κ2) is 7.69. The predicted molar refractivity (Wildman–Crippen MR) is 95.5 cm³/mol. The van der Waals surface area contributed by atoms with Gasteiger partial charge in [-0.15, -0.1) is 13.2 Å².